The normalized spacial score (nSPS) is 18.6. The molecule has 5 nitrogen and oxygen atoms in total. The van der Waals surface area contributed by atoms with Crippen molar-refractivity contribution in [2.24, 2.45) is 5.92 Å². The maximum absolute atomic E-state index is 11.9. The summed E-state index contributed by atoms with van der Waals surface area (Å²) in [6.45, 7) is 7.02. The Labute approximate surface area is 114 Å². The van der Waals surface area contributed by atoms with Crippen molar-refractivity contribution in [3.63, 3.8) is 0 Å². The Bertz CT molecular complexity index is 555. The van der Waals surface area contributed by atoms with Gasteiger partial charge in [0, 0.05) is 6.54 Å². The van der Waals surface area contributed by atoms with E-state index < -0.39 is 10.0 Å². The highest BCUT2D eigenvalue weighted by Gasteiger charge is 2.23. The molecule has 1 aromatic carbocycles. The van der Waals surface area contributed by atoms with E-state index in [1.54, 1.807) is 25.1 Å². The maximum atomic E-state index is 11.9. The number of fused-ring (bicyclic) bond motifs is 1. The molecule has 0 amide bonds. The Hall–Kier alpha value is -1.27. The molecule has 0 bridgehead atoms. The zero-order valence-electron chi connectivity index (χ0n) is 11.4. The lowest BCUT2D eigenvalue weighted by molar-refractivity contribution is 0.156. The SMILES string of the molecule is CCNS(=O)(=O)c1ccc2c(c1)NCC(C(C)C)O2. The third-order valence-electron chi connectivity index (χ3n) is 3.11. The molecule has 0 saturated carbocycles. The second-order valence-electron chi connectivity index (χ2n) is 4.94. The summed E-state index contributed by atoms with van der Waals surface area (Å²) < 4.78 is 32.1. The maximum Gasteiger partial charge on any atom is 0.240 e. The molecule has 1 unspecified atom stereocenters. The highest BCUT2D eigenvalue weighted by Crippen LogP contribution is 2.32. The van der Waals surface area contributed by atoms with Crippen LogP contribution in [0.15, 0.2) is 23.1 Å². The van der Waals surface area contributed by atoms with Crippen molar-refractivity contribution in [2.45, 2.75) is 31.8 Å². The fourth-order valence-electron chi connectivity index (χ4n) is 1.98. The molecule has 6 heteroatoms. The highest BCUT2D eigenvalue weighted by atomic mass is 32.2. The lowest BCUT2D eigenvalue weighted by Gasteiger charge is -2.30. The third kappa shape index (κ3) is 3.01. The molecule has 0 radical (unpaired) electrons. The molecule has 1 heterocycles. The Morgan fingerprint density at radius 3 is 2.84 bits per heavy atom. The van der Waals surface area contributed by atoms with E-state index >= 15 is 0 Å². The van der Waals surface area contributed by atoms with Gasteiger partial charge in [-0.25, -0.2) is 13.1 Å². The van der Waals surface area contributed by atoms with Crippen molar-refractivity contribution in [3.8, 4) is 5.75 Å². The molecule has 1 aliphatic heterocycles. The van der Waals surface area contributed by atoms with E-state index in [1.807, 2.05) is 0 Å². The smallest absolute Gasteiger partial charge is 0.240 e. The second-order valence-corrected chi connectivity index (χ2v) is 6.71. The second kappa shape index (κ2) is 5.38. The molecule has 0 fully saturated rings. The van der Waals surface area contributed by atoms with Crippen LogP contribution < -0.4 is 14.8 Å². The zero-order valence-corrected chi connectivity index (χ0v) is 12.3. The number of ether oxygens (including phenoxy) is 1. The van der Waals surface area contributed by atoms with Gasteiger partial charge in [0.15, 0.2) is 0 Å². The van der Waals surface area contributed by atoms with Crippen LogP contribution in [0, 0.1) is 5.92 Å². The number of anilines is 1. The third-order valence-corrected chi connectivity index (χ3v) is 4.65. The average molecular weight is 284 g/mol. The molecule has 0 aromatic heterocycles. The molecular formula is C13H20N2O3S. The van der Waals surface area contributed by atoms with Gasteiger partial charge in [-0.15, -0.1) is 0 Å². The predicted molar refractivity (Wildman–Crippen MR) is 75.0 cm³/mol. The van der Waals surface area contributed by atoms with Gasteiger partial charge in [0.05, 0.1) is 17.1 Å². The van der Waals surface area contributed by atoms with Gasteiger partial charge < -0.3 is 10.1 Å². The monoisotopic (exact) mass is 284 g/mol. The van der Waals surface area contributed by atoms with Crippen molar-refractivity contribution in [1.82, 2.24) is 4.72 Å². The summed E-state index contributed by atoms with van der Waals surface area (Å²) in [5, 5.41) is 3.23. The molecule has 106 valence electrons. The fraction of sp³-hybridized carbons (Fsp3) is 0.538. The lowest BCUT2D eigenvalue weighted by Crippen LogP contribution is -2.35. The summed E-state index contributed by atoms with van der Waals surface area (Å²) in [6.07, 6.45) is 0.115. The number of hydrogen-bond donors (Lipinski definition) is 2. The Balaban J connectivity index is 2.27. The Morgan fingerprint density at radius 1 is 1.47 bits per heavy atom. The number of sulfonamides is 1. The van der Waals surface area contributed by atoms with Gasteiger partial charge >= 0.3 is 0 Å². The van der Waals surface area contributed by atoms with Gasteiger partial charge in [0.25, 0.3) is 0 Å². The van der Waals surface area contributed by atoms with Crippen molar-refractivity contribution in [1.29, 1.82) is 0 Å². The van der Waals surface area contributed by atoms with Gasteiger partial charge in [-0.3, -0.25) is 0 Å². The first-order valence-electron chi connectivity index (χ1n) is 6.48. The lowest BCUT2D eigenvalue weighted by atomic mass is 10.1. The van der Waals surface area contributed by atoms with Crippen LogP contribution in [0.2, 0.25) is 0 Å². The molecule has 2 N–H and O–H groups in total. The van der Waals surface area contributed by atoms with Gasteiger partial charge in [0.1, 0.15) is 11.9 Å². The van der Waals surface area contributed by atoms with E-state index in [-0.39, 0.29) is 11.0 Å². The van der Waals surface area contributed by atoms with Crippen LogP contribution in [0.3, 0.4) is 0 Å². The summed E-state index contributed by atoms with van der Waals surface area (Å²) in [4.78, 5) is 0.257. The average Bonchev–Trinajstić information content (AvgIpc) is 2.37. The minimum atomic E-state index is -3.42. The molecule has 1 atom stereocenters. The van der Waals surface area contributed by atoms with E-state index in [0.717, 1.165) is 5.69 Å². The van der Waals surface area contributed by atoms with Gasteiger partial charge in [-0.05, 0) is 24.1 Å². The summed E-state index contributed by atoms with van der Waals surface area (Å²) in [5.74, 6) is 1.12. The molecule has 0 spiro atoms. The van der Waals surface area contributed by atoms with Crippen molar-refractivity contribution < 1.29 is 13.2 Å². The molecule has 1 aliphatic rings. The van der Waals surface area contributed by atoms with Crippen LogP contribution in [0.25, 0.3) is 0 Å². The van der Waals surface area contributed by atoms with Crippen molar-refractivity contribution >= 4 is 15.7 Å². The quantitative estimate of drug-likeness (QED) is 0.885. The molecular weight excluding hydrogens is 264 g/mol. The first kappa shape index (κ1) is 14.1. The van der Waals surface area contributed by atoms with Crippen molar-refractivity contribution in [3.05, 3.63) is 18.2 Å². The first-order chi connectivity index (χ1) is 8.94. The summed E-state index contributed by atoms with van der Waals surface area (Å²) in [6, 6.07) is 4.90. The van der Waals surface area contributed by atoms with Crippen LogP contribution in [0.1, 0.15) is 20.8 Å². The molecule has 1 aromatic rings. The largest absolute Gasteiger partial charge is 0.486 e. The zero-order chi connectivity index (χ0) is 14.0. The first-order valence-corrected chi connectivity index (χ1v) is 7.96. The van der Waals surface area contributed by atoms with Gasteiger partial charge in [-0.1, -0.05) is 20.8 Å². The molecule has 0 aliphatic carbocycles. The number of rotatable bonds is 4. The van der Waals surface area contributed by atoms with E-state index in [9.17, 15) is 8.42 Å². The van der Waals surface area contributed by atoms with E-state index in [1.165, 1.54) is 0 Å². The number of nitrogens with one attached hydrogen (secondary N) is 2. The van der Waals surface area contributed by atoms with Crippen LogP contribution >= 0.6 is 0 Å². The van der Waals surface area contributed by atoms with Crippen molar-refractivity contribution in [2.75, 3.05) is 18.4 Å². The fourth-order valence-corrected chi connectivity index (χ4v) is 3.04. The summed E-state index contributed by atoms with van der Waals surface area (Å²) in [7, 11) is -3.42. The highest BCUT2D eigenvalue weighted by molar-refractivity contribution is 7.89. The van der Waals surface area contributed by atoms with Crippen LogP contribution in [-0.4, -0.2) is 27.6 Å². The minimum Gasteiger partial charge on any atom is -0.486 e. The van der Waals surface area contributed by atoms with Crippen LogP contribution in [0.4, 0.5) is 5.69 Å². The Morgan fingerprint density at radius 2 is 2.21 bits per heavy atom. The van der Waals surface area contributed by atoms with Gasteiger partial charge in [0.2, 0.25) is 10.0 Å². The van der Waals surface area contributed by atoms with Crippen LogP contribution in [-0.2, 0) is 10.0 Å². The van der Waals surface area contributed by atoms with E-state index in [0.29, 0.717) is 24.8 Å². The van der Waals surface area contributed by atoms with Crippen LogP contribution in [0.5, 0.6) is 5.75 Å². The number of hydrogen-bond acceptors (Lipinski definition) is 4. The molecule has 19 heavy (non-hydrogen) atoms. The summed E-state index contributed by atoms with van der Waals surface area (Å²) in [5.41, 5.74) is 0.732. The number of benzene rings is 1. The standard InChI is InChI=1S/C13H20N2O3S/c1-4-15-19(16,17)10-5-6-12-11(7-10)14-8-13(18-12)9(2)3/h5-7,9,13-15H,4,8H2,1-3H3. The van der Waals surface area contributed by atoms with E-state index in [4.69, 9.17) is 4.74 Å². The summed E-state index contributed by atoms with van der Waals surface area (Å²) >= 11 is 0. The predicted octanol–water partition coefficient (Wildman–Crippen LogP) is 1.81. The van der Waals surface area contributed by atoms with E-state index in [2.05, 4.69) is 23.9 Å². The topological polar surface area (TPSA) is 67.4 Å². The molecule has 2 rings (SSSR count). The minimum absolute atomic E-state index is 0.115. The van der Waals surface area contributed by atoms with Gasteiger partial charge in [-0.2, -0.15) is 0 Å². The molecule has 0 saturated heterocycles. The Kier molecular flexibility index (Phi) is 4.01.